The van der Waals surface area contributed by atoms with Crippen LogP contribution in [0.3, 0.4) is 0 Å². The van der Waals surface area contributed by atoms with Crippen LogP contribution in [0, 0.1) is 5.82 Å². The highest BCUT2D eigenvalue weighted by Gasteiger charge is 2.06. The number of fused-ring (bicyclic) bond motifs is 1. The van der Waals surface area contributed by atoms with Gasteiger partial charge in [-0.1, -0.05) is 31.7 Å². The second-order valence-corrected chi connectivity index (χ2v) is 4.78. The highest BCUT2D eigenvalue weighted by atomic mass is 19.1. The number of aromatic nitrogens is 2. The topological polar surface area (TPSA) is 55.1 Å². The molecule has 0 bridgehead atoms. The number of carbonyl (C=O) groups excluding carboxylic acids is 1. The maximum Gasteiger partial charge on any atom is 0.188 e. The molecule has 4 nitrogen and oxygen atoms in total. The van der Waals surface area contributed by atoms with E-state index in [2.05, 4.69) is 4.98 Å². The normalized spacial score (nSPS) is 10.5. The van der Waals surface area contributed by atoms with E-state index in [4.69, 9.17) is 5.11 Å². The van der Waals surface area contributed by atoms with E-state index in [-0.39, 0.29) is 19.0 Å². The van der Waals surface area contributed by atoms with E-state index in [0.717, 1.165) is 11.1 Å². The first-order valence-corrected chi connectivity index (χ1v) is 6.51. The Balaban J connectivity index is 0.00000176. The number of hydrogen-bond acceptors (Lipinski definition) is 3. The van der Waals surface area contributed by atoms with Crippen LogP contribution in [0.4, 0.5) is 4.39 Å². The minimum Gasteiger partial charge on any atom is -0.388 e. The lowest BCUT2D eigenvalue weighted by Gasteiger charge is -2.05. The van der Waals surface area contributed by atoms with Gasteiger partial charge in [-0.3, -0.25) is 4.79 Å². The second kappa shape index (κ2) is 6.49. The van der Waals surface area contributed by atoms with E-state index in [0.29, 0.717) is 17.6 Å². The third-order valence-electron chi connectivity index (χ3n) is 3.36. The van der Waals surface area contributed by atoms with Crippen LogP contribution in [-0.2, 0) is 6.54 Å². The molecule has 5 heteroatoms. The molecule has 0 atom stereocenters. The molecule has 1 heterocycles. The van der Waals surface area contributed by atoms with Crippen LogP contribution < -0.4 is 0 Å². The molecular weight excluding hydrogens is 283 g/mol. The van der Waals surface area contributed by atoms with Crippen molar-refractivity contribution in [2.24, 2.45) is 0 Å². The zero-order valence-electron chi connectivity index (χ0n) is 11.2. The van der Waals surface area contributed by atoms with Gasteiger partial charge in [-0.15, -0.1) is 0 Å². The Kier molecular flexibility index (Phi) is 4.68. The van der Waals surface area contributed by atoms with Crippen LogP contribution >= 0.6 is 0 Å². The van der Waals surface area contributed by atoms with Crippen molar-refractivity contribution in [3.8, 4) is 0 Å². The fourth-order valence-corrected chi connectivity index (χ4v) is 2.25. The number of rotatable bonds is 4. The Morgan fingerprint density at radius 1 is 1.18 bits per heavy atom. The molecule has 2 aromatic carbocycles. The van der Waals surface area contributed by atoms with Crippen LogP contribution in [0.2, 0.25) is 0 Å². The maximum absolute atomic E-state index is 13.1. The van der Waals surface area contributed by atoms with Gasteiger partial charge in [0.15, 0.2) is 5.78 Å². The number of aliphatic hydroxyl groups is 1. The summed E-state index contributed by atoms with van der Waals surface area (Å²) in [6.07, 6.45) is 1.66. The van der Waals surface area contributed by atoms with Gasteiger partial charge in [0.25, 0.3) is 0 Å². The SMILES string of the molecule is C.O=C(CO)c1ccc(Cn2cnc3cc(F)ccc32)cc1. The molecular formula is C17H17FN2O2. The Hall–Kier alpha value is -2.53. The number of nitrogens with zero attached hydrogens (tertiary/aromatic N) is 2. The highest BCUT2D eigenvalue weighted by molar-refractivity contribution is 5.96. The summed E-state index contributed by atoms with van der Waals surface area (Å²) in [5.41, 5.74) is 2.95. The first kappa shape index (κ1) is 15.9. The molecule has 0 fully saturated rings. The second-order valence-electron chi connectivity index (χ2n) is 4.78. The summed E-state index contributed by atoms with van der Waals surface area (Å²) in [5.74, 6) is -0.607. The van der Waals surface area contributed by atoms with Gasteiger partial charge >= 0.3 is 0 Å². The van der Waals surface area contributed by atoms with Crippen molar-refractivity contribution >= 4 is 16.8 Å². The molecule has 0 saturated heterocycles. The number of Topliss-reactive ketones (excluding diaryl/α,β-unsaturated/α-hetero) is 1. The van der Waals surface area contributed by atoms with Gasteiger partial charge in [-0.05, 0) is 17.7 Å². The number of ketones is 1. The minimum absolute atomic E-state index is 0. The van der Waals surface area contributed by atoms with Crippen LogP contribution in [0.15, 0.2) is 48.8 Å². The summed E-state index contributed by atoms with van der Waals surface area (Å²) in [6, 6.07) is 11.5. The number of imidazole rings is 1. The fraction of sp³-hybridized carbons (Fsp3) is 0.176. The van der Waals surface area contributed by atoms with E-state index in [1.165, 1.54) is 12.1 Å². The molecule has 0 aliphatic rings. The molecule has 0 aliphatic carbocycles. The van der Waals surface area contributed by atoms with E-state index in [1.807, 2.05) is 16.7 Å². The van der Waals surface area contributed by atoms with E-state index in [9.17, 15) is 9.18 Å². The molecule has 1 aromatic heterocycles. The van der Waals surface area contributed by atoms with Gasteiger partial charge in [-0.25, -0.2) is 9.37 Å². The van der Waals surface area contributed by atoms with Gasteiger partial charge in [0.1, 0.15) is 12.4 Å². The van der Waals surface area contributed by atoms with Crippen molar-refractivity contribution in [3.63, 3.8) is 0 Å². The van der Waals surface area contributed by atoms with E-state index < -0.39 is 6.61 Å². The van der Waals surface area contributed by atoms with Crippen LogP contribution in [0.5, 0.6) is 0 Å². The number of carbonyl (C=O) groups is 1. The zero-order valence-corrected chi connectivity index (χ0v) is 11.2. The Morgan fingerprint density at radius 2 is 1.91 bits per heavy atom. The van der Waals surface area contributed by atoms with Crippen LogP contribution in [-0.4, -0.2) is 27.0 Å². The quantitative estimate of drug-likeness (QED) is 0.753. The predicted octanol–water partition coefficient (Wildman–Crippen LogP) is 3.03. The number of benzene rings is 2. The molecule has 3 rings (SSSR count). The van der Waals surface area contributed by atoms with Crippen molar-refractivity contribution in [1.82, 2.24) is 9.55 Å². The largest absolute Gasteiger partial charge is 0.388 e. The van der Waals surface area contributed by atoms with Crippen molar-refractivity contribution in [1.29, 1.82) is 0 Å². The molecule has 22 heavy (non-hydrogen) atoms. The van der Waals surface area contributed by atoms with Gasteiger partial charge < -0.3 is 9.67 Å². The maximum atomic E-state index is 13.1. The van der Waals surface area contributed by atoms with E-state index >= 15 is 0 Å². The van der Waals surface area contributed by atoms with E-state index in [1.54, 1.807) is 24.5 Å². The zero-order chi connectivity index (χ0) is 14.8. The molecule has 0 saturated carbocycles. The predicted molar refractivity (Wildman–Crippen MR) is 83.4 cm³/mol. The van der Waals surface area contributed by atoms with Gasteiger partial charge in [-0.2, -0.15) is 0 Å². The molecule has 0 amide bonds. The Labute approximate surface area is 127 Å². The third kappa shape index (κ3) is 3.04. The minimum atomic E-state index is -0.489. The van der Waals surface area contributed by atoms with Crippen LogP contribution in [0.1, 0.15) is 23.3 Å². The monoisotopic (exact) mass is 300 g/mol. The van der Waals surface area contributed by atoms with Crippen LogP contribution in [0.25, 0.3) is 11.0 Å². The van der Waals surface area contributed by atoms with Crippen molar-refractivity contribution < 1.29 is 14.3 Å². The van der Waals surface area contributed by atoms with Gasteiger partial charge in [0.2, 0.25) is 0 Å². The van der Waals surface area contributed by atoms with Gasteiger partial charge in [0.05, 0.1) is 17.4 Å². The first-order valence-electron chi connectivity index (χ1n) is 6.51. The lowest BCUT2D eigenvalue weighted by Crippen LogP contribution is -2.04. The standard InChI is InChI=1S/C16H13FN2O2.CH4/c17-13-5-6-15-14(7-13)18-10-19(15)8-11-1-3-12(4-2-11)16(21)9-20;/h1-7,10,20H,8-9H2;1H4. The fourth-order valence-electron chi connectivity index (χ4n) is 2.25. The number of aliphatic hydroxyl groups excluding tert-OH is 1. The molecule has 1 N–H and O–H groups in total. The number of halogens is 1. The summed E-state index contributed by atoms with van der Waals surface area (Å²) in [6.45, 7) is 0.0901. The van der Waals surface area contributed by atoms with Crippen molar-refractivity contribution in [3.05, 3.63) is 65.7 Å². The molecule has 0 spiro atoms. The lowest BCUT2D eigenvalue weighted by molar-refractivity contribution is 0.0903. The average Bonchev–Trinajstić information content (AvgIpc) is 2.89. The molecule has 0 unspecified atom stereocenters. The molecule has 3 aromatic rings. The third-order valence-corrected chi connectivity index (χ3v) is 3.36. The van der Waals surface area contributed by atoms with Crippen molar-refractivity contribution in [2.75, 3.05) is 6.61 Å². The summed E-state index contributed by atoms with van der Waals surface area (Å²) in [4.78, 5) is 15.5. The number of hydrogen-bond donors (Lipinski definition) is 1. The molecule has 0 aliphatic heterocycles. The summed E-state index contributed by atoms with van der Waals surface area (Å²) in [5, 5.41) is 8.81. The van der Waals surface area contributed by atoms with Gasteiger partial charge in [0, 0.05) is 18.2 Å². The highest BCUT2D eigenvalue weighted by Crippen LogP contribution is 2.16. The first-order chi connectivity index (χ1) is 10.2. The summed E-state index contributed by atoms with van der Waals surface area (Å²) >= 11 is 0. The van der Waals surface area contributed by atoms with Crippen molar-refractivity contribution in [2.45, 2.75) is 14.0 Å². The lowest BCUT2D eigenvalue weighted by atomic mass is 10.1. The molecule has 0 radical (unpaired) electrons. The smallest absolute Gasteiger partial charge is 0.188 e. The Morgan fingerprint density at radius 3 is 2.59 bits per heavy atom. The summed E-state index contributed by atoms with van der Waals surface area (Å²) in [7, 11) is 0. The summed E-state index contributed by atoms with van der Waals surface area (Å²) < 4.78 is 15.0. The average molecular weight is 300 g/mol. The molecule has 114 valence electrons. The Bertz CT molecular complexity index is 794.